The number of hydrogen-bond acceptors (Lipinski definition) is 1. The third-order valence-electron chi connectivity index (χ3n) is 1.02. The van der Waals surface area contributed by atoms with Gasteiger partial charge in [0.25, 0.3) is 0 Å². The molecule has 0 aromatic rings. The van der Waals surface area contributed by atoms with E-state index in [1.165, 1.54) is 4.05 Å². The summed E-state index contributed by atoms with van der Waals surface area (Å²) >= 11 is 2.41. The van der Waals surface area contributed by atoms with Crippen molar-refractivity contribution >= 4 is 30.9 Å². The van der Waals surface area contributed by atoms with Gasteiger partial charge in [0, 0.05) is 10.7 Å². The van der Waals surface area contributed by atoms with E-state index in [2.05, 4.69) is 42.6 Å². The predicted molar refractivity (Wildman–Crippen MR) is 52.6 cm³/mol. The van der Waals surface area contributed by atoms with Crippen LogP contribution in [0.4, 0.5) is 0 Å². The van der Waals surface area contributed by atoms with E-state index in [0.717, 1.165) is 13.0 Å². The predicted octanol–water partition coefficient (Wildman–Crippen LogP) is 2.59. The fourth-order valence-electron chi connectivity index (χ4n) is 0.417. The van der Waals surface area contributed by atoms with E-state index in [9.17, 15) is 0 Å². The van der Waals surface area contributed by atoms with Gasteiger partial charge in [-0.2, -0.15) is 0 Å². The molecule has 0 aliphatic heterocycles. The highest BCUT2D eigenvalue weighted by molar-refractivity contribution is 14.1. The van der Waals surface area contributed by atoms with Crippen LogP contribution in [0.1, 0.15) is 13.3 Å². The molecule has 0 radical (unpaired) electrons. The second-order valence-electron chi connectivity index (χ2n) is 2.74. The molecule has 0 aliphatic rings. The Bertz CT molecular complexity index is 75.5. The van der Waals surface area contributed by atoms with Crippen LogP contribution in [0.15, 0.2) is 0 Å². The van der Waals surface area contributed by atoms with Gasteiger partial charge in [0.05, 0.1) is 0 Å². The molecule has 1 nitrogen and oxygen atoms in total. The van der Waals surface area contributed by atoms with E-state index in [4.69, 9.17) is 4.43 Å². The van der Waals surface area contributed by atoms with Gasteiger partial charge in [0.2, 0.25) is 0 Å². The van der Waals surface area contributed by atoms with E-state index in [1.807, 2.05) is 0 Å². The first kappa shape index (κ1) is 9.91. The Morgan fingerprint density at radius 1 is 1.44 bits per heavy atom. The standard InChI is InChI=1S/C6H15IOSi/c1-4-5-8-9(2,3)6-7/h4-6H2,1-3H3. The average molecular weight is 258 g/mol. The zero-order valence-corrected chi connectivity index (χ0v) is 9.57. The largest absolute Gasteiger partial charge is 0.417 e. The fourth-order valence-corrected chi connectivity index (χ4v) is 1.91. The summed E-state index contributed by atoms with van der Waals surface area (Å²) in [6.45, 7) is 7.62. The quantitative estimate of drug-likeness (QED) is 0.428. The third-order valence-corrected chi connectivity index (χ3v) is 8.16. The lowest BCUT2D eigenvalue weighted by molar-refractivity contribution is 0.311. The maximum Gasteiger partial charge on any atom is 0.196 e. The summed E-state index contributed by atoms with van der Waals surface area (Å²) in [5.41, 5.74) is 0. The Kier molecular flexibility index (Phi) is 5.15. The van der Waals surface area contributed by atoms with Crippen molar-refractivity contribution in [1.29, 1.82) is 0 Å². The maximum absolute atomic E-state index is 5.66. The van der Waals surface area contributed by atoms with Crippen molar-refractivity contribution in [3.05, 3.63) is 0 Å². The lowest BCUT2D eigenvalue weighted by Crippen LogP contribution is -2.33. The summed E-state index contributed by atoms with van der Waals surface area (Å²) in [5, 5.41) is 0. The Balaban J connectivity index is 3.33. The van der Waals surface area contributed by atoms with Crippen molar-refractivity contribution in [2.75, 3.05) is 10.7 Å². The van der Waals surface area contributed by atoms with E-state index in [1.54, 1.807) is 0 Å². The molecule has 0 unspecified atom stereocenters. The molecular weight excluding hydrogens is 243 g/mol. The van der Waals surface area contributed by atoms with Crippen LogP contribution in [-0.2, 0) is 4.43 Å². The van der Waals surface area contributed by atoms with E-state index < -0.39 is 8.32 Å². The topological polar surface area (TPSA) is 9.23 Å². The van der Waals surface area contributed by atoms with Crippen LogP contribution in [0, 0.1) is 0 Å². The summed E-state index contributed by atoms with van der Waals surface area (Å²) in [4.78, 5) is 0. The highest BCUT2D eigenvalue weighted by atomic mass is 127. The molecular formula is C6H15IOSi. The Labute approximate surface area is 72.4 Å². The Morgan fingerprint density at radius 2 is 2.00 bits per heavy atom. The second kappa shape index (κ2) is 4.68. The first-order chi connectivity index (χ1) is 4.12. The summed E-state index contributed by atoms with van der Waals surface area (Å²) in [6.07, 6.45) is 1.15. The molecule has 0 atom stereocenters. The molecule has 0 spiro atoms. The second-order valence-corrected chi connectivity index (χ2v) is 9.11. The van der Waals surface area contributed by atoms with Gasteiger partial charge in [-0.25, -0.2) is 0 Å². The maximum atomic E-state index is 5.66. The van der Waals surface area contributed by atoms with Gasteiger partial charge in [-0.3, -0.25) is 0 Å². The van der Waals surface area contributed by atoms with Crippen molar-refractivity contribution < 1.29 is 4.43 Å². The van der Waals surface area contributed by atoms with Crippen molar-refractivity contribution in [2.45, 2.75) is 26.4 Å². The van der Waals surface area contributed by atoms with Crippen molar-refractivity contribution in [3.63, 3.8) is 0 Å². The van der Waals surface area contributed by atoms with Crippen LogP contribution in [0.3, 0.4) is 0 Å². The molecule has 0 saturated heterocycles. The normalized spacial score (nSPS) is 12.0. The minimum atomic E-state index is -1.21. The van der Waals surface area contributed by atoms with Crippen LogP contribution in [0.2, 0.25) is 13.1 Å². The van der Waals surface area contributed by atoms with E-state index >= 15 is 0 Å². The minimum Gasteiger partial charge on any atom is -0.417 e. The van der Waals surface area contributed by atoms with Crippen LogP contribution in [0.5, 0.6) is 0 Å². The molecule has 0 rings (SSSR count). The monoisotopic (exact) mass is 258 g/mol. The van der Waals surface area contributed by atoms with Gasteiger partial charge < -0.3 is 4.43 Å². The molecule has 3 heteroatoms. The van der Waals surface area contributed by atoms with Gasteiger partial charge in [-0.1, -0.05) is 29.5 Å². The fraction of sp³-hybridized carbons (Fsp3) is 1.00. The Hall–Kier alpha value is 0.907. The van der Waals surface area contributed by atoms with Crippen LogP contribution >= 0.6 is 22.6 Å². The van der Waals surface area contributed by atoms with Crippen LogP contribution < -0.4 is 0 Å². The molecule has 56 valence electrons. The zero-order valence-electron chi connectivity index (χ0n) is 6.41. The molecule has 0 fully saturated rings. The van der Waals surface area contributed by atoms with Crippen LogP contribution in [0.25, 0.3) is 0 Å². The third kappa shape index (κ3) is 5.36. The van der Waals surface area contributed by atoms with Gasteiger partial charge in [0.15, 0.2) is 8.32 Å². The molecule has 0 aromatic carbocycles. The molecule has 9 heavy (non-hydrogen) atoms. The lowest BCUT2D eigenvalue weighted by Gasteiger charge is -2.18. The van der Waals surface area contributed by atoms with Gasteiger partial charge >= 0.3 is 0 Å². The van der Waals surface area contributed by atoms with Gasteiger partial charge in [-0.05, 0) is 19.5 Å². The number of hydrogen-bond donors (Lipinski definition) is 0. The first-order valence-corrected chi connectivity index (χ1v) is 7.96. The number of halogens is 1. The highest BCUT2D eigenvalue weighted by Gasteiger charge is 2.19. The molecule has 0 aromatic heterocycles. The summed E-state index contributed by atoms with van der Waals surface area (Å²) in [7, 11) is -1.21. The van der Waals surface area contributed by atoms with Crippen molar-refractivity contribution in [2.24, 2.45) is 0 Å². The lowest BCUT2D eigenvalue weighted by atomic mass is 10.5. The molecule has 0 saturated carbocycles. The van der Waals surface area contributed by atoms with Gasteiger partial charge in [0.1, 0.15) is 0 Å². The average Bonchev–Trinajstić information content (AvgIpc) is 1.84. The van der Waals surface area contributed by atoms with E-state index in [-0.39, 0.29) is 0 Å². The number of alkyl halides is 1. The summed E-state index contributed by atoms with van der Waals surface area (Å²) in [6, 6.07) is 0. The van der Waals surface area contributed by atoms with Gasteiger partial charge in [-0.15, -0.1) is 0 Å². The molecule has 0 aliphatic carbocycles. The van der Waals surface area contributed by atoms with E-state index in [0.29, 0.717) is 0 Å². The SMILES string of the molecule is CCCO[Si](C)(C)CI. The Morgan fingerprint density at radius 3 is 2.33 bits per heavy atom. The molecule has 0 bridgehead atoms. The first-order valence-electron chi connectivity index (χ1n) is 3.32. The zero-order chi connectivity index (χ0) is 7.33. The molecule has 0 N–H and O–H groups in total. The highest BCUT2D eigenvalue weighted by Crippen LogP contribution is 2.07. The molecule has 0 heterocycles. The summed E-state index contributed by atoms with van der Waals surface area (Å²) in [5.74, 6) is 0. The summed E-state index contributed by atoms with van der Waals surface area (Å²) < 4.78 is 6.86. The van der Waals surface area contributed by atoms with Crippen molar-refractivity contribution in [3.8, 4) is 0 Å². The molecule has 0 amide bonds. The van der Waals surface area contributed by atoms with Crippen LogP contribution in [-0.4, -0.2) is 19.0 Å². The smallest absolute Gasteiger partial charge is 0.196 e. The van der Waals surface area contributed by atoms with Crippen molar-refractivity contribution in [1.82, 2.24) is 0 Å². The minimum absolute atomic E-state index is 0.947. The number of rotatable bonds is 4.